The molecule has 0 rings (SSSR count). The van der Waals surface area contributed by atoms with E-state index in [0.717, 1.165) is 4.31 Å². The molecule has 5 nitrogen and oxygen atoms in total. The average Bonchev–Trinajstić information content (AvgIpc) is 1.99. The Morgan fingerprint density at radius 3 is 2.29 bits per heavy atom. The Morgan fingerprint density at radius 2 is 1.93 bits per heavy atom. The Balaban J connectivity index is 4.24. The highest BCUT2D eigenvalue weighted by Gasteiger charge is 2.19. The molecule has 0 spiro atoms. The fourth-order valence-electron chi connectivity index (χ4n) is 0.829. The number of nitrogens with zero attached hydrogens (tertiary/aromatic N) is 1. The van der Waals surface area contributed by atoms with Gasteiger partial charge in [-0.3, -0.25) is 4.79 Å². The maximum absolute atomic E-state index is 11.4. The summed E-state index contributed by atoms with van der Waals surface area (Å²) in [6.07, 6.45) is 0.548. The molecule has 14 heavy (non-hydrogen) atoms. The molecular formula is C8H17NO4S. The van der Waals surface area contributed by atoms with Crippen molar-refractivity contribution in [2.75, 3.05) is 19.3 Å². The van der Waals surface area contributed by atoms with E-state index < -0.39 is 22.5 Å². The minimum atomic E-state index is -3.40. The third kappa shape index (κ3) is 5.18. The van der Waals surface area contributed by atoms with Gasteiger partial charge in [-0.15, -0.1) is 0 Å². The molecule has 0 aromatic rings. The molecule has 0 unspecified atom stereocenters. The van der Waals surface area contributed by atoms with Crippen LogP contribution in [0.4, 0.5) is 0 Å². The zero-order valence-electron chi connectivity index (χ0n) is 8.73. The largest absolute Gasteiger partial charge is 0.480 e. The molecule has 0 aliphatic heterocycles. The van der Waals surface area contributed by atoms with Crippen LogP contribution in [0.5, 0.6) is 0 Å². The molecule has 0 aliphatic carbocycles. The Kier molecular flexibility index (Phi) is 5.07. The Hall–Kier alpha value is -0.620. The van der Waals surface area contributed by atoms with Gasteiger partial charge in [0.2, 0.25) is 10.0 Å². The molecule has 0 aromatic heterocycles. The Labute approximate surface area is 84.8 Å². The SMILES string of the molecule is CC(C)CCS(=O)(=O)N(C)CC(=O)O. The van der Waals surface area contributed by atoms with Gasteiger partial charge >= 0.3 is 5.97 Å². The predicted octanol–water partition coefficient (Wildman–Crippen LogP) is 0.379. The van der Waals surface area contributed by atoms with Gasteiger partial charge < -0.3 is 5.11 Å². The van der Waals surface area contributed by atoms with Crippen LogP contribution in [0.1, 0.15) is 20.3 Å². The van der Waals surface area contributed by atoms with Gasteiger partial charge in [0.05, 0.1) is 5.75 Å². The molecule has 84 valence electrons. The van der Waals surface area contributed by atoms with E-state index in [-0.39, 0.29) is 5.75 Å². The van der Waals surface area contributed by atoms with Crippen LogP contribution < -0.4 is 0 Å². The number of rotatable bonds is 6. The molecule has 0 atom stereocenters. The van der Waals surface area contributed by atoms with E-state index in [9.17, 15) is 13.2 Å². The van der Waals surface area contributed by atoms with Crippen LogP contribution >= 0.6 is 0 Å². The summed E-state index contributed by atoms with van der Waals surface area (Å²) in [7, 11) is -2.12. The second-order valence-corrected chi connectivity index (χ2v) is 5.84. The molecule has 0 amide bonds. The monoisotopic (exact) mass is 223 g/mol. The van der Waals surface area contributed by atoms with Crippen molar-refractivity contribution in [3.05, 3.63) is 0 Å². The lowest BCUT2D eigenvalue weighted by Gasteiger charge is -2.15. The maximum Gasteiger partial charge on any atom is 0.318 e. The number of likely N-dealkylation sites (N-methyl/N-ethyl adjacent to an activating group) is 1. The minimum Gasteiger partial charge on any atom is -0.480 e. The lowest BCUT2D eigenvalue weighted by Crippen LogP contribution is -2.34. The van der Waals surface area contributed by atoms with Gasteiger partial charge in [-0.1, -0.05) is 13.8 Å². The number of carboxylic acid groups (broad SMARTS) is 1. The zero-order valence-corrected chi connectivity index (χ0v) is 9.54. The number of sulfonamides is 1. The Bertz CT molecular complexity index is 284. The van der Waals surface area contributed by atoms with Crippen LogP contribution in [-0.4, -0.2) is 43.1 Å². The zero-order chi connectivity index (χ0) is 11.4. The average molecular weight is 223 g/mol. The molecule has 1 N–H and O–H groups in total. The van der Waals surface area contributed by atoms with E-state index >= 15 is 0 Å². The highest BCUT2D eigenvalue weighted by molar-refractivity contribution is 7.89. The molecule has 6 heteroatoms. The van der Waals surface area contributed by atoms with Crippen LogP contribution in [0.25, 0.3) is 0 Å². The number of carbonyl (C=O) groups is 1. The van der Waals surface area contributed by atoms with Gasteiger partial charge in [-0.2, -0.15) is 4.31 Å². The summed E-state index contributed by atoms with van der Waals surface area (Å²) in [6, 6.07) is 0. The molecule has 0 fully saturated rings. The van der Waals surface area contributed by atoms with Gasteiger partial charge in [0.25, 0.3) is 0 Å². The van der Waals surface area contributed by atoms with Crippen molar-refractivity contribution in [2.45, 2.75) is 20.3 Å². The highest BCUT2D eigenvalue weighted by atomic mass is 32.2. The topological polar surface area (TPSA) is 74.7 Å². The minimum absolute atomic E-state index is 0.00838. The summed E-state index contributed by atoms with van der Waals surface area (Å²) in [4.78, 5) is 10.3. The van der Waals surface area contributed by atoms with Gasteiger partial charge in [0.1, 0.15) is 6.54 Å². The lowest BCUT2D eigenvalue weighted by molar-refractivity contribution is -0.137. The van der Waals surface area contributed by atoms with Gasteiger partial charge in [-0.25, -0.2) is 8.42 Å². The van der Waals surface area contributed by atoms with E-state index in [2.05, 4.69) is 0 Å². The van der Waals surface area contributed by atoms with E-state index in [1.54, 1.807) is 0 Å². The van der Waals surface area contributed by atoms with Crippen molar-refractivity contribution in [3.8, 4) is 0 Å². The van der Waals surface area contributed by atoms with E-state index in [1.807, 2.05) is 13.8 Å². The van der Waals surface area contributed by atoms with Crippen molar-refractivity contribution in [2.24, 2.45) is 5.92 Å². The number of aliphatic carboxylic acids is 1. The first-order valence-corrected chi connectivity index (χ1v) is 6.02. The normalized spacial score (nSPS) is 12.4. The van der Waals surface area contributed by atoms with Crippen molar-refractivity contribution in [3.63, 3.8) is 0 Å². The van der Waals surface area contributed by atoms with Gasteiger partial charge in [0, 0.05) is 7.05 Å². The molecule has 0 radical (unpaired) electrons. The number of carboxylic acids is 1. The molecule has 0 bridgehead atoms. The summed E-state index contributed by atoms with van der Waals surface area (Å²) < 4.78 is 23.7. The van der Waals surface area contributed by atoms with Crippen LogP contribution in [0.2, 0.25) is 0 Å². The summed E-state index contributed by atoms with van der Waals surface area (Å²) in [5, 5.41) is 8.42. The molecule has 0 saturated heterocycles. The van der Waals surface area contributed by atoms with Gasteiger partial charge in [0.15, 0.2) is 0 Å². The van der Waals surface area contributed by atoms with Crippen molar-refractivity contribution >= 4 is 16.0 Å². The Morgan fingerprint density at radius 1 is 1.43 bits per heavy atom. The molecule has 0 aromatic carbocycles. The molecular weight excluding hydrogens is 206 g/mol. The second-order valence-electron chi connectivity index (χ2n) is 3.65. The lowest BCUT2D eigenvalue weighted by atomic mass is 10.2. The number of hydrogen-bond donors (Lipinski definition) is 1. The predicted molar refractivity (Wildman–Crippen MR) is 53.5 cm³/mol. The number of hydrogen-bond acceptors (Lipinski definition) is 3. The van der Waals surface area contributed by atoms with E-state index in [1.165, 1.54) is 7.05 Å². The first-order chi connectivity index (χ1) is 6.25. The highest BCUT2D eigenvalue weighted by Crippen LogP contribution is 2.06. The molecule has 0 heterocycles. The molecule has 0 saturated carbocycles. The van der Waals surface area contributed by atoms with Crippen LogP contribution in [0, 0.1) is 5.92 Å². The summed E-state index contributed by atoms with van der Waals surface area (Å²) in [6.45, 7) is 3.37. The smallest absolute Gasteiger partial charge is 0.318 e. The summed E-state index contributed by atoms with van der Waals surface area (Å²) in [5.74, 6) is -0.835. The van der Waals surface area contributed by atoms with Crippen LogP contribution in [0.3, 0.4) is 0 Å². The van der Waals surface area contributed by atoms with Crippen molar-refractivity contribution in [1.82, 2.24) is 4.31 Å². The fourth-order valence-corrected chi connectivity index (χ4v) is 2.22. The van der Waals surface area contributed by atoms with Crippen molar-refractivity contribution < 1.29 is 18.3 Å². The maximum atomic E-state index is 11.4. The first-order valence-electron chi connectivity index (χ1n) is 4.41. The first kappa shape index (κ1) is 13.4. The third-order valence-corrected chi connectivity index (χ3v) is 3.62. The van der Waals surface area contributed by atoms with Crippen molar-refractivity contribution in [1.29, 1.82) is 0 Å². The fraction of sp³-hybridized carbons (Fsp3) is 0.875. The second kappa shape index (κ2) is 5.31. The quantitative estimate of drug-likeness (QED) is 0.706. The summed E-state index contributed by atoms with van der Waals surface area (Å²) in [5.41, 5.74) is 0. The molecule has 0 aliphatic rings. The van der Waals surface area contributed by atoms with Crippen LogP contribution in [-0.2, 0) is 14.8 Å². The van der Waals surface area contributed by atoms with E-state index in [0.29, 0.717) is 12.3 Å². The van der Waals surface area contributed by atoms with Crippen LogP contribution in [0.15, 0.2) is 0 Å². The third-order valence-electron chi connectivity index (χ3n) is 1.79. The van der Waals surface area contributed by atoms with E-state index in [4.69, 9.17) is 5.11 Å². The standard InChI is InChI=1S/C8H17NO4S/c1-7(2)4-5-14(12,13)9(3)6-8(10)11/h7H,4-6H2,1-3H3,(H,10,11). The summed E-state index contributed by atoms with van der Waals surface area (Å²) >= 11 is 0. The van der Waals surface area contributed by atoms with Gasteiger partial charge in [-0.05, 0) is 12.3 Å².